The second-order valence-corrected chi connectivity index (χ2v) is 8.36. The molecular weight excluding hydrogens is 463 g/mol. The number of hydrogen-bond donors (Lipinski definition) is 2. The van der Waals surface area contributed by atoms with Gasteiger partial charge < -0.3 is 15.0 Å². The molecule has 1 heterocycles. The molecule has 1 saturated carbocycles. The van der Waals surface area contributed by atoms with E-state index in [0.29, 0.717) is 17.6 Å². The Balaban J connectivity index is 1.53. The van der Waals surface area contributed by atoms with Crippen LogP contribution in [0.25, 0.3) is 0 Å². The van der Waals surface area contributed by atoms with E-state index < -0.39 is 11.3 Å². The van der Waals surface area contributed by atoms with Crippen LogP contribution in [0.15, 0.2) is 36.5 Å². The van der Waals surface area contributed by atoms with Crippen LogP contribution in [-0.2, 0) is 0 Å². The highest BCUT2D eigenvalue weighted by Gasteiger charge is 2.33. The van der Waals surface area contributed by atoms with Crippen LogP contribution in [0, 0.1) is 0 Å². The number of ether oxygens (including phenoxy) is 1. The maximum atomic E-state index is 12.7. The number of halogens is 4. The minimum Gasteiger partial charge on any atom is -0.405 e. The molecule has 0 radical (unpaired) electrons. The highest BCUT2D eigenvalue weighted by Crippen LogP contribution is 2.34. The van der Waals surface area contributed by atoms with Gasteiger partial charge in [-0.1, -0.05) is 34.1 Å². The van der Waals surface area contributed by atoms with E-state index in [0.717, 1.165) is 31.5 Å². The van der Waals surface area contributed by atoms with Gasteiger partial charge in [0.25, 0.3) is 0 Å². The van der Waals surface area contributed by atoms with Gasteiger partial charge in [0, 0.05) is 37.9 Å². The van der Waals surface area contributed by atoms with Crippen molar-refractivity contribution in [3.63, 3.8) is 0 Å². The molecule has 164 valence electrons. The number of para-hydroxylation sites is 1. The third kappa shape index (κ3) is 6.46. The van der Waals surface area contributed by atoms with Gasteiger partial charge in [-0.25, -0.2) is 4.98 Å². The van der Waals surface area contributed by atoms with E-state index in [-0.39, 0.29) is 11.8 Å². The van der Waals surface area contributed by atoms with Crippen LogP contribution in [-0.4, -0.2) is 42.5 Å². The fourth-order valence-electron chi connectivity index (χ4n) is 3.46. The highest BCUT2D eigenvalue weighted by molar-refractivity contribution is 9.09. The topological polar surface area (TPSA) is 62.3 Å². The number of nitrogens with zero attached hydrogens (tertiary/aromatic N) is 3. The van der Waals surface area contributed by atoms with Crippen molar-refractivity contribution in [2.75, 3.05) is 24.3 Å². The van der Waals surface area contributed by atoms with Gasteiger partial charge in [0.2, 0.25) is 5.95 Å². The van der Waals surface area contributed by atoms with Crippen LogP contribution in [0.4, 0.5) is 24.9 Å². The first-order chi connectivity index (χ1) is 14.2. The zero-order valence-corrected chi connectivity index (χ0v) is 18.4. The van der Waals surface area contributed by atoms with Crippen LogP contribution in [0.2, 0.25) is 0 Å². The summed E-state index contributed by atoms with van der Waals surface area (Å²) < 4.78 is 42.1. The molecule has 10 heteroatoms. The number of alkyl halides is 4. The average Bonchev–Trinajstić information content (AvgIpc) is 2.69. The Morgan fingerprint density at radius 2 is 1.77 bits per heavy atom. The molecule has 30 heavy (non-hydrogen) atoms. The maximum Gasteiger partial charge on any atom is 0.573 e. The van der Waals surface area contributed by atoms with E-state index in [1.807, 2.05) is 25.1 Å². The molecule has 2 N–H and O–H groups in total. The Labute approximate surface area is 182 Å². The number of hydrogen-bond acceptors (Lipinski definition) is 6. The van der Waals surface area contributed by atoms with Gasteiger partial charge in [0.05, 0.1) is 4.95 Å². The molecule has 1 fully saturated rings. The van der Waals surface area contributed by atoms with Crippen molar-refractivity contribution in [2.45, 2.75) is 49.1 Å². The molecule has 1 aromatic carbocycles. The number of anilines is 2. The van der Waals surface area contributed by atoms with Crippen LogP contribution >= 0.6 is 15.9 Å². The Hall–Kier alpha value is -2.07. The average molecular weight is 488 g/mol. The zero-order chi connectivity index (χ0) is 21.7. The summed E-state index contributed by atoms with van der Waals surface area (Å²) in [5, 5.41) is 6.83. The van der Waals surface area contributed by atoms with Gasteiger partial charge in [0.15, 0.2) is 0 Å². The van der Waals surface area contributed by atoms with Crippen molar-refractivity contribution in [1.82, 2.24) is 15.3 Å². The Bertz CT molecular complexity index is 828. The van der Waals surface area contributed by atoms with E-state index in [2.05, 4.69) is 41.3 Å². The smallest absolute Gasteiger partial charge is 0.405 e. The van der Waals surface area contributed by atoms with Crippen molar-refractivity contribution >= 4 is 27.7 Å². The molecule has 1 unspecified atom stereocenters. The first-order valence-electron chi connectivity index (χ1n) is 9.73. The molecule has 3 rings (SSSR count). The monoisotopic (exact) mass is 487 g/mol. The molecule has 1 atom stereocenters. The van der Waals surface area contributed by atoms with Crippen LogP contribution in [0.3, 0.4) is 0 Å². The molecule has 1 aliphatic carbocycles. The zero-order valence-electron chi connectivity index (χ0n) is 16.8. The summed E-state index contributed by atoms with van der Waals surface area (Å²) in [7, 11) is 3.79. The summed E-state index contributed by atoms with van der Waals surface area (Å²) in [6.45, 7) is 0. The standard InChI is InChI=1S/C20H25BrF3N5O/c1-29(2)19-25-12-11-17(28-19)26-13-7-9-14(10-8-13)27-18(21)15-5-3-4-6-16(15)30-20(22,23)24/h3-6,11-14,18,27H,7-10H2,1-2H3,(H,25,26,28). The first-order valence-corrected chi connectivity index (χ1v) is 10.6. The normalized spacial score (nSPS) is 20.5. The number of nitrogens with one attached hydrogen (secondary N) is 2. The maximum absolute atomic E-state index is 12.7. The van der Waals surface area contributed by atoms with E-state index in [1.54, 1.807) is 18.3 Å². The fraction of sp³-hybridized carbons (Fsp3) is 0.500. The largest absolute Gasteiger partial charge is 0.573 e. The Morgan fingerprint density at radius 1 is 1.10 bits per heavy atom. The minimum atomic E-state index is -4.72. The Kier molecular flexibility index (Phi) is 7.41. The summed E-state index contributed by atoms with van der Waals surface area (Å²) in [6.07, 6.45) is 0.661. The highest BCUT2D eigenvalue weighted by atomic mass is 79.9. The molecule has 1 aliphatic rings. The molecular formula is C20H25BrF3N5O. The third-order valence-electron chi connectivity index (χ3n) is 4.92. The lowest BCUT2D eigenvalue weighted by Crippen LogP contribution is -2.37. The molecule has 0 spiro atoms. The molecule has 1 aromatic heterocycles. The second-order valence-electron chi connectivity index (χ2n) is 7.44. The number of aromatic nitrogens is 2. The minimum absolute atomic E-state index is 0.189. The fourth-order valence-corrected chi connectivity index (χ4v) is 4.21. The number of benzene rings is 1. The quantitative estimate of drug-likeness (QED) is 0.430. The molecule has 0 saturated heterocycles. The third-order valence-corrected chi connectivity index (χ3v) is 5.68. The lowest BCUT2D eigenvalue weighted by molar-refractivity contribution is -0.274. The lowest BCUT2D eigenvalue weighted by atomic mass is 9.91. The lowest BCUT2D eigenvalue weighted by Gasteiger charge is -2.32. The molecule has 0 aliphatic heterocycles. The van der Waals surface area contributed by atoms with Gasteiger partial charge in [-0.2, -0.15) is 4.98 Å². The first kappa shape index (κ1) is 22.6. The predicted octanol–water partition coefficient (Wildman–Crippen LogP) is 4.85. The summed E-state index contributed by atoms with van der Waals surface area (Å²) in [5.41, 5.74) is 0.423. The van der Waals surface area contributed by atoms with Crippen molar-refractivity contribution in [1.29, 1.82) is 0 Å². The summed E-state index contributed by atoms with van der Waals surface area (Å²) in [6, 6.07) is 8.50. The van der Waals surface area contributed by atoms with Gasteiger partial charge >= 0.3 is 6.36 Å². The molecule has 0 amide bonds. The van der Waals surface area contributed by atoms with E-state index in [4.69, 9.17) is 0 Å². The van der Waals surface area contributed by atoms with Crippen LogP contribution in [0.1, 0.15) is 36.2 Å². The SMILES string of the molecule is CN(C)c1nccc(NC2CCC(NC(Br)c3ccccc3OC(F)(F)F)CC2)n1. The van der Waals surface area contributed by atoms with Crippen LogP contribution < -0.4 is 20.3 Å². The molecule has 6 nitrogen and oxygen atoms in total. The molecule has 0 bridgehead atoms. The van der Waals surface area contributed by atoms with Gasteiger partial charge in [-0.3, -0.25) is 5.32 Å². The van der Waals surface area contributed by atoms with Crippen molar-refractivity contribution in [2.24, 2.45) is 0 Å². The summed E-state index contributed by atoms with van der Waals surface area (Å²) >= 11 is 3.47. The predicted molar refractivity (Wildman–Crippen MR) is 114 cm³/mol. The van der Waals surface area contributed by atoms with Crippen molar-refractivity contribution in [3.05, 3.63) is 42.1 Å². The van der Waals surface area contributed by atoms with E-state index in [9.17, 15) is 13.2 Å². The van der Waals surface area contributed by atoms with Gasteiger partial charge in [0.1, 0.15) is 11.6 Å². The van der Waals surface area contributed by atoms with E-state index in [1.165, 1.54) is 12.1 Å². The summed E-state index contributed by atoms with van der Waals surface area (Å²) in [4.78, 5) is 10.1. The van der Waals surface area contributed by atoms with Crippen molar-refractivity contribution < 1.29 is 17.9 Å². The summed E-state index contributed by atoms with van der Waals surface area (Å²) in [5.74, 6) is 1.24. The van der Waals surface area contributed by atoms with Gasteiger partial charge in [-0.15, -0.1) is 13.2 Å². The second kappa shape index (κ2) is 9.82. The van der Waals surface area contributed by atoms with Crippen LogP contribution in [0.5, 0.6) is 5.75 Å². The van der Waals surface area contributed by atoms with E-state index >= 15 is 0 Å². The Morgan fingerprint density at radius 3 is 2.43 bits per heavy atom. The molecule has 2 aromatic rings. The van der Waals surface area contributed by atoms with Crippen molar-refractivity contribution in [3.8, 4) is 5.75 Å². The van der Waals surface area contributed by atoms with Gasteiger partial charge in [-0.05, 0) is 37.8 Å². The number of rotatable bonds is 7.